The maximum atomic E-state index is 11.6. The van der Waals surface area contributed by atoms with E-state index in [1.807, 2.05) is 0 Å². The highest BCUT2D eigenvalue weighted by molar-refractivity contribution is 5.69. The lowest BCUT2D eigenvalue weighted by Crippen LogP contribution is -2.43. The van der Waals surface area contributed by atoms with E-state index in [1.165, 1.54) is 6.08 Å². The molecule has 0 aromatic heterocycles. The number of carbonyl (C=O) groups excluding carboxylic acids is 1. The van der Waals surface area contributed by atoms with Crippen LogP contribution in [0.15, 0.2) is 25.3 Å². The second-order valence-corrected chi connectivity index (χ2v) is 4.49. The van der Waals surface area contributed by atoms with Crippen LogP contribution >= 0.6 is 0 Å². The van der Waals surface area contributed by atoms with Crippen LogP contribution in [0.1, 0.15) is 19.3 Å². The monoisotopic (exact) mass is 253 g/mol. The minimum Gasteiger partial charge on any atom is -0.481 e. The van der Waals surface area contributed by atoms with Crippen molar-refractivity contribution in [3.63, 3.8) is 0 Å². The molecule has 0 aromatic rings. The number of hydrogen-bond acceptors (Lipinski definition) is 3. The fraction of sp³-hybridized carbons (Fsp3) is 0.538. The summed E-state index contributed by atoms with van der Waals surface area (Å²) in [7, 11) is 0. The predicted octanol–water partition coefficient (Wildman–Crippen LogP) is 2.05. The highest BCUT2D eigenvalue weighted by Gasteiger charge is 2.35. The molecule has 1 heterocycles. The summed E-state index contributed by atoms with van der Waals surface area (Å²) in [6.07, 6.45) is 4.11. The largest absolute Gasteiger partial charge is 0.481 e. The van der Waals surface area contributed by atoms with Crippen LogP contribution in [0.3, 0.4) is 0 Å². The number of allylic oxidation sites excluding steroid dienone is 1. The summed E-state index contributed by atoms with van der Waals surface area (Å²) in [6, 6.07) is 0. The normalized spacial score (nSPS) is 17.9. The number of piperidine rings is 1. The fourth-order valence-corrected chi connectivity index (χ4v) is 2.11. The molecule has 1 aliphatic heterocycles. The minimum atomic E-state index is -0.836. The number of nitrogens with zero attached hydrogens (tertiary/aromatic N) is 1. The van der Waals surface area contributed by atoms with Crippen LogP contribution in [-0.4, -0.2) is 41.8 Å². The van der Waals surface area contributed by atoms with E-state index in [0.717, 1.165) is 0 Å². The van der Waals surface area contributed by atoms with Gasteiger partial charge in [0.1, 0.15) is 6.61 Å². The summed E-state index contributed by atoms with van der Waals surface area (Å²) in [6.45, 7) is 8.37. The van der Waals surface area contributed by atoms with Crippen LogP contribution in [0.5, 0.6) is 0 Å². The van der Waals surface area contributed by atoms with Crippen molar-refractivity contribution in [1.82, 2.24) is 4.90 Å². The minimum absolute atomic E-state index is 0.0616. The number of ether oxygens (including phenoxy) is 1. The topological polar surface area (TPSA) is 66.8 Å². The molecule has 1 amide bonds. The van der Waals surface area contributed by atoms with Gasteiger partial charge in [0.05, 0.1) is 6.42 Å². The van der Waals surface area contributed by atoms with E-state index >= 15 is 0 Å². The molecule has 1 rings (SSSR count). The highest BCUT2D eigenvalue weighted by atomic mass is 16.6. The van der Waals surface area contributed by atoms with Gasteiger partial charge in [-0.3, -0.25) is 4.79 Å². The molecule has 0 bridgehead atoms. The smallest absolute Gasteiger partial charge is 0.410 e. The average molecular weight is 253 g/mol. The Bertz CT molecular complexity index is 343. The van der Waals surface area contributed by atoms with Gasteiger partial charge in [0.15, 0.2) is 0 Å². The van der Waals surface area contributed by atoms with E-state index in [2.05, 4.69) is 13.2 Å². The molecule has 0 spiro atoms. The van der Waals surface area contributed by atoms with E-state index in [1.54, 1.807) is 11.0 Å². The second-order valence-electron chi connectivity index (χ2n) is 4.49. The summed E-state index contributed by atoms with van der Waals surface area (Å²) in [5, 5.41) is 8.89. The van der Waals surface area contributed by atoms with Crippen LogP contribution in [0.2, 0.25) is 0 Å². The Morgan fingerprint density at radius 3 is 2.39 bits per heavy atom. The van der Waals surface area contributed by atoms with E-state index in [-0.39, 0.29) is 19.1 Å². The SMILES string of the molecule is C=CCOC(=O)N1CCC(C=C)(CC(=O)O)CC1. The molecule has 5 heteroatoms. The summed E-state index contributed by atoms with van der Waals surface area (Å²) in [5.41, 5.74) is -0.402. The van der Waals surface area contributed by atoms with Crippen molar-refractivity contribution in [3.05, 3.63) is 25.3 Å². The zero-order valence-electron chi connectivity index (χ0n) is 10.4. The van der Waals surface area contributed by atoms with Crippen molar-refractivity contribution >= 4 is 12.1 Å². The van der Waals surface area contributed by atoms with Gasteiger partial charge in [-0.05, 0) is 12.8 Å². The molecule has 100 valence electrons. The van der Waals surface area contributed by atoms with Gasteiger partial charge in [0, 0.05) is 18.5 Å². The molecular formula is C13H19NO4. The molecule has 5 nitrogen and oxygen atoms in total. The van der Waals surface area contributed by atoms with Crippen molar-refractivity contribution in [2.45, 2.75) is 19.3 Å². The molecular weight excluding hydrogens is 234 g/mol. The van der Waals surface area contributed by atoms with Crippen LogP contribution < -0.4 is 0 Å². The van der Waals surface area contributed by atoms with Crippen molar-refractivity contribution in [2.24, 2.45) is 5.41 Å². The third-order valence-electron chi connectivity index (χ3n) is 3.28. The maximum absolute atomic E-state index is 11.6. The van der Waals surface area contributed by atoms with E-state index in [9.17, 15) is 9.59 Å². The average Bonchev–Trinajstić information content (AvgIpc) is 2.36. The first-order chi connectivity index (χ1) is 8.53. The van der Waals surface area contributed by atoms with Gasteiger partial charge in [-0.25, -0.2) is 4.79 Å². The summed E-state index contributed by atoms with van der Waals surface area (Å²) < 4.78 is 4.94. The van der Waals surface area contributed by atoms with E-state index < -0.39 is 11.4 Å². The van der Waals surface area contributed by atoms with Crippen LogP contribution in [0.25, 0.3) is 0 Å². The second kappa shape index (κ2) is 6.23. The van der Waals surface area contributed by atoms with Gasteiger partial charge in [0.25, 0.3) is 0 Å². The van der Waals surface area contributed by atoms with Crippen molar-refractivity contribution in [3.8, 4) is 0 Å². The quantitative estimate of drug-likeness (QED) is 0.761. The Kier molecular flexibility index (Phi) is 4.95. The summed E-state index contributed by atoms with van der Waals surface area (Å²) >= 11 is 0. The zero-order valence-corrected chi connectivity index (χ0v) is 10.4. The van der Waals surface area contributed by atoms with Gasteiger partial charge >= 0.3 is 12.1 Å². The number of likely N-dealkylation sites (tertiary alicyclic amines) is 1. The third kappa shape index (κ3) is 3.61. The number of carboxylic acid groups (broad SMARTS) is 1. The Balaban J connectivity index is 2.52. The molecule has 18 heavy (non-hydrogen) atoms. The number of carboxylic acids is 1. The van der Waals surface area contributed by atoms with Crippen molar-refractivity contribution in [1.29, 1.82) is 0 Å². The van der Waals surface area contributed by atoms with Crippen molar-refractivity contribution < 1.29 is 19.4 Å². The number of carbonyl (C=O) groups is 2. The van der Waals surface area contributed by atoms with E-state index in [0.29, 0.717) is 25.9 Å². The number of aliphatic carboxylic acids is 1. The molecule has 0 unspecified atom stereocenters. The highest BCUT2D eigenvalue weighted by Crippen LogP contribution is 2.36. The lowest BCUT2D eigenvalue weighted by molar-refractivity contribution is -0.139. The Labute approximate surface area is 107 Å². The van der Waals surface area contributed by atoms with E-state index in [4.69, 9.17) is 9.84 Å². The van der Waals surface area contributed by atoms with Gasteiger partial charge in [-0.2, -0.15) is 0 Å². The standard InChI is InChI=1S/C13H19NO4/c1-3-9-18-12(17)14-7-5-13(4-2,6-8-14)10-11(15)16/h3-4H,1-2,5-10H2,(H,15,16). The molecule has 1 fully saturated rings. The predicted molar refractivity (Wildman–Crippen MR) is 67.2 cm³/mol. The lowest BCUT2D eigenvalue weighted by atomic mass is 9.76. The maximum Gasteiger partial charge on any atom is 0.410 e. The molecule has 1 saturated heterocycles. The first-order valence-corrected chi connectivity index (χ1v) is 5.91. The van der Waals surface area contributed by atoms with Crippen molar-refractivity contribution in [2.75, 3.05) is 19.7 Å². The molecule has 1 N–H and O–H groups in total. The first-order valence-electron chi connectivity index (χ1n) is 5.91. The molecule has 0 saturated carbocycles. The number of amides is 1. The molecule has 1 aliphatic rings. The van der Waals surface area contributed by atoms with Crippen LogP contribution in [0.4, 0.5) is 4.79 Å². The Hall–Kier alpha value is -1.78. The first kappa shape index (κ1) is 14.3. The molecule has 0 aliphatic carbocycles. The molecule has 0 radical (unpaired) electrons. The van der Waals surface area contributed by atoms with Crippen LogP contribution in [-0.2, 0) is 9.53 Å². The third-order valence-corrected chi connectivity index (χ3v) is 3.28. The Morgan fingerprint density at radius 1 is 1.33 bits per heavy atom. The van der Waals surface area contributed by atoms with Gasteiger partial charge in [0.2, 0.25) is 0 Å². The van der Waals surface area contributed by atoms with Crippen LogP contribution in [0, 0.1) is 5.41 Å². The van der Waals surface area contributed by atoms with Gasteiger partial charge in [-0.15, -0.1) is 6.58 Å². The number of rotatable bonds is 5. The molecule has 0 aromatic carbocycles. The summed E-state index contributed by atoms with van der Waals surface area (Å²) in [4.78, 5) is 24.0. The zero-order chi connectivity index (χ0) is 13.6. The van der Waals surface area contributed by atoms with Gasteiger partial charge in [-0.1, -0.05) is 18.7 Å². The van der Waals surface area contributed by atoms with Gasteiger partial charge < -0.3 is 14.7 Å². The fourth-order valence-electron chi connectivity index (χ4n) is 2.11. The molecule has 0 atom stereocenters. The Morgan fingerprint density at radius 2 is 1.94 bits per heavy atom. The summed E-state index contributed by atoms with van der Waals surface area (Å²) in [5.74, 6) is -0.836. The number of hydrogen-bond donors (Lipinski definition) is 1. The lowest BCUT2D eigenvalue weighted by Gasteiger charge is -2.38.